The monoisotopic (exact) mass is 351 g/mol. The van der Waals surface area contributed by atoms with Crippen molar-refractivity contribution in [3.63, 3.8) is 0 Å². The van der Waals surface area contributed by atoms with Crippen LogP contribution >= 0.6 is 0 Å². The van der Waals surface area contributed by atoms with Crippen molar-refractivity contribution >= 4 is 6.21 Å². The van der Waals surface area contributed by atoms with Crippen molar-refractivity contribution < 1.29 is 44.4 Å². The van der Waals surface area contributed by atoms with Crippen LogP contribution in [0.15, 0.2) is 23.4 Å². The normalized spacial score (nSPS) is 22.3. The summed E-state index contributed by atoms with van der Waals surface area (Å²) in [4.78, 5) is 4.14. The molecule has 0 saturated carbocycles. The van der Waals surface area contributed by atoms with Gasteiger partial charge in [-0.15, -0.1) is 0 Å². The highest BCUT2D eigenvalue weighted by molar-refractivity contribution is 5.61. The van der Waals surface area contributed by atoms with Gasteiger partial charge < -0.3 is 4.84 Å². The Kier molecular flexibility index (Phi) is 3.81. The molecule has 1 unspecified atom stereocenters. The standard InChI is InChI=1S/C12H6F9NO/c13-10(14,15)7-3-6(4-8(5-7)11(16,17)18)9(12(19,20)21)1-2-22-23-9/h2-5H,1H2. The van der Waals surface area contributed by atoms with Crippen LogP contribution in [0.4, 0.5) is 39.5 Å². The fourth-order valence-corrected chi connectivity index (χ4v) is 2.02. The van der Waals surface area contributed by atoms with Crippen LogP contribution in [0.5, 0.6) is 0 Å². The van der Waals surface area contributed by atoms with Gasteiger partial charge in [0.2, 0.25) is 0 Å². The number of halogens is 9. The highest BCUT2D eigenvalue weighted by Gasteiger charge is 2.61. The molecule has 128 valence electrons. The van der Waals surface area contributed by atoms with Crippen LogP contribution < -0.4 is 0 Å². The van der Waals surface area contributed by atoms with Crippen LogP contribution in [0.3, 0.4) is 0 Å². The highest BCUT2D eigenvalue weighted by Crippen LogP contribution is 2.49. The highest BCUT2D eigenvalue weighted by atomic mass is 19.4. The van der Waals surface area contributed by atoms with E-state index in [0.717, 1.165) is 0 Å². The first-order chi connectivity index (χ1) is 10.3. The predicted molar refractivity (Wildman–Crippen MR) is 58.4 cm³/mol. The summed E-state index contributed by atoms with van der Waals surface area (Å²) in [5.74, 6) is 0. The van der Waals surface area contributed by atoms with Gasteiger partial charge in [0, 0.05) is 18.2 Å². The van der Waals surface area contributed by atoms with Crippen LogP contribution in [-0.2, 0) is 22.8 Å². The molecule has 0 bridgehead atoms. The van der Waals surface area contributed by atoms with Gasteiger partial charge in [-0.25, -0.2) is 0 Å². The lowest BCUT2D eigenvalue weighted by molar-refractivity contribution is -0.276. The van der Waals surface area contributed by atoms with Gasteiger partial charge in [0.05, 0.1) is 11.1 Å². The third kappa shape index (κ3) is 3.08. The van der Waals surface area contributed by atoms with E-state index in [2.05, 4.69) is 9.99 Å². The lowest BCUT2D eigenvalue weighted by Crippen LogP contribution is -2.42. The smallest absolute Gasteiger partial charge is 0.375 e. The van der Waals surface area contributed by atoms with Crippen molar-refractivity contribution in [3.8, 4) is 0 Å². The molecule has 23 heavy (non-hydrogen) atoms. The van der Waals surface area contributed by atoms with Crippen LogP contribution in [0, 0.1) is 0 Å². The van der Waals surface area contributed by atoms with Crippen molar-refractivity contribution in [2.75, 3.05) is 0 Å². The first-order valence-corrected chi connectivity index (χ1v) is 5.84. The summed E-state index contributed by atoms with van der Waals surface area (Å²) in [6.07, 6.45) is -16.2. The van der Waals surface area contributed by atoms with Gasteiger partial charge in [-0.05, 0) is 18.2 Å². The van der Waals surface area contributed by atoms with E-state index in [1.807, 2.05) is 0 Å². The van der Waals surface area contributed by atoms with E-state index >= 15 is 0 Å². The van der Waals surface area contributed by atoms with Crippen molar-refractivity contribution in [1.82, 2.24) is 0 Å². The lowest BCUT2D eigenvalue weighted by Gasteiger charge is -2.30. The summed E-state index contributed by atoms with van der Waals surface area (Å²) in [6.45, 7) is 0. The number of hydrogen-bond acceptors (Lipinski definition) is 2. The number of nitrogens with zero attached hydrogens (tertiary/aromatic N) is 1. The first kappa shape index (κ1) is 17.4. The van der Waals surface area contributed by atoms with Crippen molar-refractivity contribution in [3.05, 3.63) is 34.9 Å². The van der Waals surface area contributed by atoms with Crippen LogP contribution in [0.25, 0.3) is 0 Å². The zero-order valence-electron chi connectivity index (χ0n) is 10.8. The Hall–Kier alpha value is -1.94. The number of rotatable bonds is 1. The third-order valence-corrected chi connectivity index (χ3v) is 3.17. The minimum absolute atomic E-state index is 0.0165. The molecule has 0 radical (unpaired) electrons. The molecule has 0 fully saturated rings. The lowest BCUT2D eigenvalue weighted by atomic mass is 9.87. The number of hydrogen-bond donors (Lipinski definition) is 0. The molecule has 1 aromatic carbocycles. The van der Waals surface area contributed by atoms with Gasteiger partial charge in [-0.2, -0.15) is 39.5 Å². The predicted octanol–water partition coefficient (Wildman–Crippen LogP) is 4.89. The zero-order valence-corrected chi connectivity index (χ0v) is 10.8. The maximum absolute atomic E-state index is 13.2. The molecule has 0 amide bonds. The van der Waals surface area contributed by atoms with E-state index < -0.39 is 47.2 Å². The zero-order chi connectivity index (χ0) is 17.7. The Bertz CT molecular complexity index is 587. The fraction of sp³-hybridized carbons (Fsp3) is 0.417. The van der Waals surface area contributed by atoms with E-state index in [4.69, 9.17) is 0 Å². The van der Waals surface area contributed by atoms with Crippen LogP contribution in [0.2, 0.25) is 0 Å². The Morgan fingerprint density at radius 2 is 1.30 bits per heavy atom. The third-order valence-electron chi connectivity index (χ3n) is 3.17. The molecular formula is C12H6F9NO. The Morgan fingerprint density at radius 1 is 0.826 bits per heavy atom. The molecule has 0 spiro atoms. The second-order valence-corrected chi connectivity index (χ2v) is 4.70. The Balaban J connectivity index is 2.71. The van der Waals surface area contributed by atoms with Crippen molar-refractivity contribution in [1.29, 1.82) is 0 Å². The van der Waals surface area contributed by atoms with Gasteiger partial charge in [0.1, 0.15) is 0 Å². The van der Waals surface area contributed by atoms with E-state index in [1.54, 1.807) is 0 Å². The number of benzene rings is 1. The van der Waals surface area contributed by atoms with Crippen LogP contribution in [-0.4, -0.2) is 12.4 Å². The number of oxime groups is 1. The topological polar surface area (TPSA) is 21.6 Å². The summed E-state index contributed by atoms with van der Waals surface area (Å²) in [6, 6.07) is -0.293. The molecule has 1 heterocycles. The molecule has 0 saturated heterocycles. The van der Waals surface area contributed by atoms with E-state index in [0.29, 0.717) is 6.21 Å². The average molecular weight is 351 g/mol. The van der Waals surface area contributed by atoms with Gasteiger partial charge in [-0.1, -0.05) is 5.16 Å². The first-order valence-electron chi connectivity index (χ1n) is 5.84. The summed E-state index contributed by atoms with van der Waals surface area (Å²) < 4.78 is 116. The molecule has 1 aromatic rings. The quantitative estimate of drug-likeness (QED) is 0.661. The molecule has 1 aliphatic heterocycles. The van der Waals surface area contributed by atoms with Crippen LogP contribution in [0.1, 0.15) is 23.1 Å². The Morgan fingerprint density at radius 3 is 1.61 bits per heavy atom. The minimum atomic E-state index is -5.27. The van der Waals surface area contributed by atoms with Gasteiger partial charge in [-0.3, -0.25) is 0 Å². The van der Waals surface area contributed by atoms with E-state index in [9.17, 15) is 39.5 Å². The maximum atomic E-state index is 13.2. The van der Waals surface area contributed by atoms with Gasteiger partial charge in [0.15, 0.2) is 0 Å². The maximum Gasteiger partial charge on any atom is 0.435 e. The average Bonchev–Trinajstić information content (AvgIpc) is 2.86. The summed E-state index contributed by atoms with van der Waals surface area (Å²) in [5.41, 5.74) is -8.42. The summed E-state index contributed by atoms with van der Waals surface area (Å²) in [7, 11) is 0. The fourth-order valence-electron chi connectivity index (χ4n) is 2.02. The molecule has 0 N–H and O–H groups in total. The Labute approximate surface area is 122 Å². The molecule has 1 aliphatic rings. The molecule has 1 atom stereocenters. The molecule has 0 aliphatic carbocycles. The molecule has 0 aromatic heterocycles. The second-order valence-electron chi connectivity index (χ2n) is 4.70. The summed E-state index contributed by atoms with van der Waals surface area (Å²) >= 11 is 0. The molecule has 2 rings (SSSR count). The molecular weight excluding hydrogens is 345 g/mol. The van der Waals surface area contributed by atoms with Crippen molar-refractivity contribution in [2.24, 2.45) is 5.16 Å². The molecule has 2 nitrogen and oxygen atoms in total. The van der Waals surface area contributed by atoms with Crippen molar-refractivity contribution in [2.45, 2.75) is 30.6 Å². The van der Waals surface area contributed by atoms with E-state index in [-0.39, 0.29) is 18.2 Å². The minimum Gasteiger partial charge on any atom is -0.375 e. The number of alkyl halides is 9. The second kappa shape index (κ2) is 5.03. The van der Waals surface area contributed by atoms with Gasteiger partial charge in [0.25, 0.3) is 5.60 Å². The van der Waals surface area contributed by atoms with Gasteiger partial charge >= 0.3 is 18.5 Å². The molecule has 11 heteroatoms. The SMILES string of the molecule is FC(F)(F)c1cc(C(F)(F)F)cc(C2(C(F)(F)F)CC=NO2)c1. The summed E-state index contributed by atoms with van der Waals surface area (Å²) in [5, 5.41) is 2.86. The largest absolute Gasteiger partial charge is 0.435 e. The van der Waals surface area contributed by atoms with E-state index in [1.165, 1.54) is 0 Å².